The zero-order chi connectivity index (χ0) is 15.9. The third kappa shape index (κ3) is 4.10. The van der Waals surface area contributed by atoms with Crippen LogP contribution in [0, 0.1) is 0 Å². The van der Waals surface area contributed by atoms with E-state index in [1.54, 1.807) is 0 Å². The Labute approximate surface area is 132 Å². The van der Waals surface area contributed by atoms with Gasteiger partial charge in [-0.3, -0.25) is 4.79 Å². The molecule has 1 N–H and O–H groups in total. The second kappa shape index (κ2) is 7.99. The summed E-state index contributed by atoms with van der Waals surface area (Å²) in [6, 6.07) is 5.79. The number of likely N-dealkylation sites (N-methyl/N-ethyl adjacent to an activating group) is 1. The molecule has 4 nitrogen and oxygen atoms in total. The minimum atomic E-state index is -0.165. The van der Waals surface area contributed by atoms with Crippen molar-refractivity contribution < 1.29 is 9.53 Å². The van der Waals surface area contributed by atoms with Crippen LogP contribution in [0.3, 0.4) is 0 Å². The quantitative estimate of drug-likeness (QED) is 0.596. The van der Waals surface area contributed by atoms with E-state index in [1.807, 2.05) is 25.1 Å². The maximum Gasteiger partial charge on any atom is 0.311 e. The lowest BCUT2D eigenvalue weighted by molar-refractivity contribution is -0.134. The lowest BCUT2D eigenvalue weighted by Gasteiger charge is -2.17. The molecule has 0 aliphatic heterocycles. The molecule has 0 aliphatic carbocycles. The number of aromatic amines is 1. The van der Waals surface area contributed by atoms with Crippen molar-refractivity contribution in [2.75, 3.05) is 19.6 Å². The van der Waals surface area contributed by atoms with E-state index < -0.39 is 0 Å². The van der Waals surface area contributed by atoms with Crippen LogP contribution in [-0.4, -0.2) is 35.5 Å². The number of esters is 1. The van der Waals surface area contributed by atoms with Crippen LogP contribution < -0.4 is 4.74 Å². The van der Waals surface area contributed by atoms with Crippen LogP contribution in [-0.2, 0) is 11.2 Å². The lowest BCUT2D eigenvalue weighted by atomic mass is 10.1. The summed E-state index contributed by atoms with van der Waals surface area (Å²) in [7, 11) is 0. The Morgan fingerprint density at radius 1 is 1.23 bits per heavy atom. The number of nitrogens with one attached hydrogen (secondary N) is 1. The van der Waals surface area contributed by atoms with Crippen LogP contribution in [0.2, 0.25) is 0 Å². The third-order valence-corrected chi connectivity index (χ3v) is 4.02. The minimum absolute atomic E-state index is 0.165. The van der Waals surface area contributed by atoms with Crippen molar-refractivity contribution in [1.82, 2.24) is 9.88 Å². The fourth-order valence-electron chi connectivity index (χ4n) is 2.63. The number of rotatable bonds is 8. The predicted molar refractivity (Wildman–Crippen MR) is 90.3 cm³/mol. The van der Waals surface area contributed by atoms with E-state index in [2.05, 4.69) is 29.9 Å². The first-order valence-corrected chi connectivity index (χ1v) is 8.20. The van der Waals surface area contributed by atoms with Crippen LogP contribution in [0.1, 0.15) is 39.2 Å². The monoisotopic (exact) mass is 302 g/mol. The first kappa shape index (κ1) is 16.6. The highest BCUT2D eigenvalue weighted by Gasteiger charge is 2.09. The van der Waals surface area contributed by atoms with E-state index in [-0.39, 0.29) is 5.97 Å². The van der Waals surface area contributed by atoms with Gasteiger partial charge in [-0.25, -0.2) is 0 Å². The number of ether oxygens (including phenoxy) is 1. The van der Waals surface area contributed by atoms with Gasteiger partial charge in [-0.1, -0.05) is 20.8 Å². The molecule has 4 heteroatoms. The van der Waals surface area contributed by atoms with E-state index in [0.717, 1.165) is 43.4 Å². The number of carbonyl (C=O) groups is 1. The number of nitrogens with zero attached hydrogens (tertiary/aromatic N) is 1. The SMILES string of the molecule is CCCC(=O)Oc1ccc2[nH]cc(CCN(CC)CC)c2c1. The van der Waals surface area contributed by atoms with Gasteiger partial charge in [-0.05, 0) is 49.7 Å². The van der Waals surface area contributed by atoms with Crippen molar-refractivity contribution in [1.29, 1.82) is 0 Å². The summed E-state index contributed by atoms with van der Waals surface area (Å²) in [5, 5.41) is 1.15. The highest BCUT2D eigenvalue weighted by atomic mass is 16.5. The molecule has 22 heavy (non-hydrogen) atoms. The highest BCUT2D eigenvalue weighted by Crippen LogP contribution is 2.24. The summed E-state index contributed by atoms with van der Waals surface area (Å²) in [4.78, 5) is 17.3. The van der Waals surface area contributed by atoms with Crippen molar-refractivity contribution in [3.63, 3.8) is 0 Å². The van der Waals surface area contributed by atoms with Crippen LogP contribution >= 0.6 is 0 Å². The van der Waals surface area contributed by atoms with Crippen molar-refractivity contribution in [2.45, 2.75) is 40.0 Å². The number of H-pyrrole nitrogens is 1. The van der Waals surface area contributed by atoms with Crippen molar-refractivity contribution >= 4 is 16.9 Å². The molecule has 0 unspecified atom stereocenters. The van der Waals surface area contributed by atoms with Gasteiger partial charge in [0.05, 0.1) is 0 Å². The Kier molecular flexibility index (Phi) is 6.01. The lowest BCUT2D eigenvalue weighted by Crippen LogP contribution is -2.25. The Bertz CT molecular complexity index is 615. The number of hydrogen-bond acceptors (Lipinski definition) is 3. The van der Waals surface area contributed by atoms with Crippen LogP contribution in [0.15, 0.2) is 24.4 Å². The summed E-state index contributed by atoms with van der Waals surface area (Å²) >= 11 is 0. The van der Waals surface area contributed by atoms with Gasteiger partial charge >= 0.3 is 5.97 Å². The van der Waals surface area contributed by atoms with E-state index in [9.17, 15) is 4.79 Å². The molecule has 0 bridgehead atoms. The molecule has 1 aromatic heterocycles. The van der Waals surface area contributed by atoms with Gasteiger partial charge in [0.1, 0.15) is 5.75 Å². The van der Waals surface area contributed by atoms with Crippen LogP contribution in [0.5, 0.6) is 5.75 Å². The second-order valence-electron chi connectivity index (χ2n) is 5.52. The van der Waals surface area contributed by atoms with Crippen molar-refractivity contribution in [2.24, 2.45) is 0 Å². The largest absolute Gasteiger partial charge is 0.427 e. The Morgan fingerprint density at radius 3 is 2.68 bits per heavy atom. The fourth-order valence-corrected chi connectivity index (χ4v) is 2.63. The van der Waals surface area contributed by atoms with E-state index in [4.69, 9.17) is 4.74 Å². The molecule has 0 aliphatic rings. The third-order valence-electron chi connectivity index (χ3n) is 4.02. The highest BCUT2D eigenvalue weighted by molar-refractivity contribution is 5.85. The average Bonchev–Trinajstić information content (AvgIpc) is 2.91. The molecule has 0 amide bonds. The number of carbonyl (C=O) groups excluding carboxylic acids is 1. The van der Waals surface area contributed by atoms with Gasteiger partial charge in [0, 0.05) is 30.1 Å². The summed E-state index contributed by atoms with van der Waals surface area (Å²) in [5.74, 6) is 0.469. The molecule has 1 aromatic carbocycles. The number of aromatic nitrogens is 1. The molecule has 0 spiro atoms. The van der Waals surface area contributed by atoms with Crippen LogP contribution in [0.25, 0.3) is 10.9 Å². The molecular formula is C18H26N2O2. The maximum atomic E-state index is 11.6. The summed E-state index contributed by atoms with van der Waals surface area (Å²) < 4.78 is 5.39. The predicted octanol–water partition coefficient (Wildman–Crippen LogP) is 3.76. The Hall–Kier alpha value is -1.81. The molecule has 0 saturated heterocycles. The van der Waals surface area contributed by atoms with Gasteiger partial charge in [0.15, 0.2) is 0 Å². The van der Waals surface area contributed by atoms with Gasteiger partial charge in [-0.15, -0.1) is 0 Å². The Balaban J connectivity index is 2.13. The van der Waals surface area contributed by atoms with E-state index in [0.29, 0.717) is 12.2 Å². The molecular weight excluding hydrogens is 276 g/mol. The molecule has 1 heterocycles. The number of benzene rings is 1. The van der Waals surface area contributed by atoms with E-state index >= 15 is 0 Å². The first-order chi connectivity index (χ1) is 10.7. The zero-order valence-corrected chi connectivity index (χ0v) is 13.8. The molecule has 0 fully saturated rings. The molecule has 120 valence electrons. The average molecular weight is 302 g/mol. The maximum absolute atomic E-state index is 11.6. The number of hydrogen-bond donors (Lipinski definition) is 1. The fraction of sp³-hybridized carbons (Fsp3) is 0.500. The number of fused-ring (bicyclic) bond motifs is 1. The summed E-state index contributed by atoms with van der Waals surface area (Å²) in [6.45, 7) is 9.52. The normalized spacial score (nSPS) is 11.3. The summed E-state index contributed by atoms with van der Waals surface area (Å²) in [6.07, 6.45) is 4.32. The minimum Gasteiger partial charge on any atom is -0.427 e. The topological polar surface area (TPSA) is 45.3 Å². The zero-order valence-electron chi connectivity index (χ0n) is 13.8. The van der Waals surface area contributed by atoms with Gasteiger partial charge in [0.2, 0.25) is 0 Å². The van der Waals surface area contributed by atoms with Gasteiger partial charge < -0.3 is 14.6 Å². The van der Waals surface area contributed by atoms with Gasteiger partial charge in [-0.2, -0.15) is 0 Å². The Morgan fingerprint density at radius 2 is 2.00 bits per heavy atom. The molecule has 2 aromatic rings. The smallest absolute Gasteiger partial charge is 0.311 e. The molecule has 0 radical (unpaired) electrons. The van der Waals surface area contributed by atoms with Crippen molar-refractivity contribution in [3.05, 3.63) is 30.0 Å². The summed E-state index contributed by atoms with van der Waals surface area (Å²) in [5.41, 5.74) is 2.36. The molecule has 2 rings (SSSR count). The van der Waals surface area contributed by atoms with Crippen LogP contribution in [0.4, 0.5) is 0 Å². The second-order valence-corrected chi connectivity index (χ2v) is 5.52. The van der Waals surface area contributed by atoms with Crippen molar-refractivity contribution in [3.8, 4) is 5.75 Å². The van der Waals surface area contributed by atoms with Gasteiger partial charge in [0.25, 0.3) is 0 Å². The van der Waals surface area contributed by atoms with E-state index in [1.165, 1.54) is 5.56 Å². The standard InChI is InChI=1S/C18H26N2O2/c1-4-7-18(21)22-15-8-9-17-16(12-15)14(13-19-17)10-11-20(5-2)6-3/h8-9,12-13,19H,4-7,10-11H2,1-3H3. The first-order valence-electron chi connectivity index (χ1n) is 8.20. The molecule has 0 atom stereocenters. The molecule has 0 saturated carbocycles.